The van der Waals surface area contributed by atoms with Crippen LogP contribution >= 0.6 is 34.8 Å². The number of aromatic nitrogens is 2. The average molecular weight is 487 g/mol. The average Bonchev–Trinajstić information content (AvgIpc) is 3.12. The minimum Gasteiger partial charge on any atom is -0.489 e. The minimum absolute atomic E-state index is 0.300. The number of carbonyl (C=O) groups excluding carboxylic acids is 1. The van der Waals surface area contributed by atoms with Gasteiger partial charge in [-0.1, -0.05) is 65.1 Å². The lowest BCUT2D eigenvalue weighted by Gasteiger charge is -2.08. The van der Waals surface area contributed by atoms with Gasteiger partial charge in [-0.3, -0.25) is 9.48 Å². The van der Waals surface area contributed by atoms with Crippen LogP contribution in [0.3, 0.4) is 0 Å². The van der Waals surface area contributed by atoms with Crippen molar-refractivity contribution in [1.29, 1.82) is 0 Å². The van der Waals surface area contributed by atoms with Gasteiger partial charge in [0.25, 0.3) is 5.91 Å². The maximum absolute atomic E-state index is 12.6. The van der Waals surface area contributed by atoms with Crippen molar-refractivity contribution in [1.82, 2.24) is 9.78 Å². The summed E-state index contributed by atoms with van der Waals surface area (Å²) in [5.74, 6) is 0.688. The standard InChI is InChI=1S/C24H18Cl3N3O2/c25-19-10-6-16(7-11-19)13-30-14-22(27)23(29-30)28-24(31)18-8-4-17(5-9-18)15-32-21-3-1-2-20(26)12-21/h1-12,14H,13,15H2,(H,28,29,31). The van der Waals surface area contributed by atoms with Gasteiger partial charge in [0.05, 0.1) is 6.54 Å². The molecule has 3 aromatic carbocycles. The number of amides is 1. The summed E-state index contributed by atoms with van der Waals surface area (Å²) in [6.45, 7) is 0.872. The first-order valence-corrected chi connectivity index (χ1v) is 10.9. The minimum atomic E-state index is -0.300. The van der Waals surface area contributed by atoms with Crippen molar-refractivity contribution in [3.05, 3.63) is 111 Å². The van der Waals surface area contributed by atoms with E-state index in [-0.39, 0.29) is 5.91 Å². The van der Waals surface area contributed by atoms with Crippen molar-refractivity contribution in [2.24, 2.45) is 0 Å². The number of nitrogens with one attached hydrogen (secondary N) is 1. The van der Waals surface area contributed by atoms with Gasteiger partial charge in [-0.25, -0.2) is 0 Å². The molecule has 0 bridgehead atoms. The maximum atomic E-state index is 12.6. The molecule has 4 rings (SSSR count). The highest BCUT2D eigenvalue weighted by atomic mass is 35.5. The van der Waals surface area contributed by atoms with Crippen LogP contribution in [0.4, 0.5) is 5.82 Å². The van der Waals surface area contributed by atoms with E-state index in [2.05, 4.69) is 10.4 Å². The van der Waals surface area contributed by atoms with E-state index >= 15 is 0 Å². The predicted molar refractivity (Wildman–Crippen MR) is 128 cm³/mol. The molecule has 0 atom stereocenters. The molecule has 0 unspecified atom stereocenters. The molecule has 0 saturated carbocycles. The lowest BCUT2D eigenvalue weighted by atomic mass is 10.1. The van der Waals surface area contributed by atoms with Gasteiger partial charge in [-0.05, 0) is 53.6 Å². The summed E-state index contributed by atoms with van der Waals surface area (Å²) in [6.07, 6.45) is 1.67. The molecule has 0 aliphatic heterocycles. The van der Waals surface area contributed by atoms with Gasteiger partial charge in [0.1, 0.15) is 17.4 Å². The number of benzene rings is 3. The Bertz CT molecular complexity index is 1220. The van der Waals surface area contributed by atoms with Gasteiger partial charge in [-0.15, -0.1) is 0 Å². The van der Waals surface area contributed by atoms with E-state index in [9.17, 15) is 4.79 Å². The van der Waals surface area contributed by atoms with Gasteiger partial charge in [0, 0.05) is 21.8 Å². The summed E-state index contributed by atoms with van der Waals surface area (Å²) < 4.78 is 7.38. The van der Waals surface area contributed by atoms with Crippen LogP contribution in [-0.4, -0.2) is 15.7 Å². The van der Waals surface area contributed by atoms with E-state index in [1.807, 2.05) is 48.5 Å². The molecule has 1 heterocycles. The SMILES string of the molecule is O=C(Nc1nn(Cc2ccc(Cl)cc2)cc1Cl)c1ccc(COc2cccc(Cl)c2)cc1. The highest BCUT2D eigenvalue weighted by Gasteiger charge is 2.13. The molecule has 32 heavy (non-hydrogen) atoms. The molecule has 8 heteroatoms. The van der Waals surface area contributed by atoms with Crippen LogP contribution in [0, 0.1) is 0 Å². The Balaban J connectivity index is 1.36. The highest BCUT2D eigenvalue weighted by Crippen LogP contribution is 2.22. The van der Waals surface area contributed by atoms with Crippen LogP contribution in [-0.2, 0) is 13.2 Å². The first-order chi connectivity index (χ1) is 15.5. The summed E-state index contributed by atoms with van der Waals surface area (Å²) in [6, 6.07) is 21.8. The lowest BCUT2D eigenvalue weighted by Crippen LogP contribution is -2.13. The largest absolute Gasteiger partial charge is 0.489 e. The predicted octanol–water partition coefficient (Wildman–Crippen LogP) is 6.72. The molecule has 1 aromatic heterocycles. The van der Waals surface area contributed by atoms with Gasteiger partial charge >= 0.3 is 0 Å². The molecule has 0 fully saturated rings. The number of hydrogen-bond donors (Lipinski definition) is 1. The van der Waals surface area contributed by atoms with Crippen LogP contribution < -0.4 is 10.1 Å². The van der Waals surface area contributed by atoms with E-state index in [4.69, 9.17) is 39.5 Å². The van der Waals surface area contributed by atoms with Gasteiger partial charge < -0.3 is 10.1 Å². The third kappa shape index (κ3) is 5.82. The fraction of sp³-hybridized carbons (Fsp3) is 0.0833. The summed E-state index contributed by atoms with van der Waals surface area (Å²) in [5, 5.41) is 8.77. The molecule has 4 aromatic rings. The number of ether oxygens (including phenoxy) is 1. The molecular formula is C24H18Cl3N3O2. The van der Waals surface area contributed by atoms with Crippen molar-refractivity contribution in [2.45, 2.75) is 13.2 Å². The molecule has 5 nitrogen and oxygen atoms in total. The van der Waals surface area contributed by atoms with Crippen molar-refractivity contribution < 1.29 is 9.53 Å². The molecule has 1 N–H and O–H groups in total. The number of anilines is 1. The first-order valence-electron chi connectivity index (χ1n) is 9.72. The van der Waals surface area contributed by atoms with Crippen LogP contribution in [0.15, 0.2) is 79.0 Å². The Morgan fingerprint density at radius 1 is 0.906 bits per heavy atom. The van der Waals surface area contributed by atoms with Crippen molar-refractivity contribution >= 4 is 46.5 Å². The third-order valence-electron chi connectivity index (χ3n) is 4.62. The lowest BCUT2D eigenvalue weighted by molar-refractivity contribution is 0.102. The Labute approximate surface area is 200 Å². The molecule has 0 aliphatic rings. The van der Waals surface area contributed by atoms with Crippen molar-refractivity contribution in [2.75, 3.05) is 5.32 Å². The summed E-state index contributed by atoms with van der Waals surface area (Å²) in [7, 11) is 0. The summed E-state index contributed by atoms with van der Waals surface area (Å²) in [4.78, 5) is 12.6. The zero-order valence-corrected chi connectivity index (χ0v) is 19.0. The second kappa shape index (κ2) is 10.1. The Morgan fingerprint density at radius 3 is 2.34 bits per heavy atom. The molecule has 0 aliphatic carbocycles. The molecular weight excluding hydrogens is 469 g/mol. The normalized spacial score (nSPS) is 10.7. The molecule has 0 spiro atoms. The van der Waals surface area contributed by atoms with Gasteiger partial charge in [0.2, 0.25) is 0 Å². The van der Waals surface area contributed by atoms with E-state index in [1.165, 1.54) is 0 Å². The number of rotatable bonds is 7. The Morgan fingerprint density at radius 2 is 1.62 bits per heavy atom. The topological polar surface area (TPSA) is 56.2 Å². The van der Waals surface area contributed by atoms with Crippen LogP contribution in [0.2, 0.25) is 15.1 Å². The number of carbonyl (C=O) groups is 1. The monoisotopic (exact) mass is 485 g/mol. The number of hydrogen-bond acceptors (Lipinski definition) is 3. The van der Waals surface area contributed by atoms with Gasteiger partial charge in [0.15, 0.2) is 5.82 Å². The fourth-order valence-corrected chi connectivity index (χ4v) is 3.50. The number of halogens is 3. The smallest absolute Gasteiger partial charge is 0.256 e. The third-order valence-corrected chi connectivity index (χ3v) is 5.39. The van der Waals surface area contributed by atoms with E-state index in [0.717, 1.165) is 11.1 Å². The van der Waals surface area contributed by atoms with Crippen molar-refractivity contribution in [3.63, 3.8) is 0 Å². The van der Waals surface area contributed by atoms with Crippen LogP contribution in [0.25, 0.3) is 0 Å². The second-order valence-electron chi connectivity index (χ2n) is 7.05. The maximum Gasteiger partial charge on any atom is 0.256 e. The summed E-state index contributed by atoms with van der Waals surface area (Å²) >= 11 is 18.1. The Hall–Kier alpha value is -2.99. The van der Waals surface area contributed by atoms with Gasteiger partial charge in [-0.2, -0.15) is 5.10 Å². The van der Waals surface area contributed by atoms with Crippen LogP contribution in [0.5, 0.6) is 5.75 Å². The van der Waals surface area contributed by atoms with E-state index in [0.29, 0.717) is 45.4 Å². The molecule has 1 amide bonds. The van der Waals surface area contributed by atoms with E-state index < -0.39 is 0 Å². The number of nitrogens with zero attached hydrogens (tertiary/aromatic N) is 2. The summed E-state index contributed by atoms with van der Waals surface area (Å²) in [5.41, 5.74) is 2.42. The molecule has 0 saturated heterocycles. The van der Waals surface area contributed by atoms with E-state index in [1.54, 1.807) is 35.1 Å². The van der Waals surface area contributed by atoms with Crippen LogP contribution in [0.1, 0.15) is 21.5 Å². The quantitative estimate of drug-likeness (QED) is 0.315. The second-order valence-corrected chi connectivity index (χ2v) is 8.33. The first kappa shape index (κ1) is 22.2. The van der Waals surface area contributed by atoms with Crippen molar-refractivity contribution in [3.8, 4) is 5.75 Å². The molecule has 0 radical (unpaired) electrons. The highest BCUT2D eigenvalue weighted by molar-refractivity contribution is 6.33. The zero-order valence-electron chi connectivity index (χ0n) is 16.8. The molecule has 162 valence electrons. The zero-order chi connectivity index (χ0) is 22.5. The fourth-order valence-electron chi connectivity index (χ4n) is 3.00. The Kier molecular flexibility index (Phi) is 7.00.